The summed E-state index contributed by atoms with van der Waals surface area (Å²) >= 11 is 3.80. The van der Waals surface area contributed by atoms with E-state index in [0.717, 1.165) is 0 Å². The molecule has 0 fully saturated rings. The molecule has 0 aromatic rings. The highest BCUT2D eigenvalue weighted by Gasteiger charge is 2.29. The van der Waals surface area contributed by atoms with Gasteiger partial charge in [-0.25, -0.2) is 4.79 Å². The summed E-state index contributed by atoms with van der Waals surface area (Å²) in [7, 11) is 0. The number of aliphatic hydroxyl groups excluding tert-OH is 1. The Morgan fingerprint density at radius 2 is 1.65 bits per heavy atom. The predicted molar refractivity (Wildman–Crippen MR) is 83.7 cm³/mol. The SMILES string of the molecule is CC(NC(=O)C(NC(=O)CN)C(C)O)C(=O)NC(CS)C(=O)O. The molecule has 0 rings (SSSR count). The van der Waals surface area contributed by atoms with Gasteiger partial charge in [-0.1, -0.05) is 0 Å². The molecule has 0 bridgehead atoms. The molecule has 11 heteroatoms. The summed E-state index contributed by atoms with van der Waals surface area (Å²) < 4.78 is 0. The number of carbonyl (C=O) groups is 4. The van der Waals surface area contributed by atoms with E-state index in [1.807, 2.05) is 0 Å². The van der Waals surface area contributed by atoms with E-state index in [1.54, 1.807) is 0 Å². The van der Waals surface area contributed by atoms with Gasteiger partial charge in [0, 0.05) is 5.75 Å². The second-order valence-corrected chi connectivity index (χ2v) is 5.17. The number of aliphatic hydroxyl groups is 1. The fraction of sp³-hybridized carbons (Fsp3) is 0.667. The van der Waals surface area contributed by atoms with Gasteiger partial charge in [-0.2, -0.15) is 12.6 Å². The zero-order valence-corrected chi connectivity index (χ0v) is 13.7. The lowest BCUT2D eigenvalue weighted by Gasteiger charge is -2.23. The van der Waals surface area contributed by atoms with Crippen LogP contribution >= 0.6 is 12.6 Å². The molecule has 0 radical (unpaired) electrons. The average Bonchev–Trinajstić information content (AvgIpc) is 2.48. The quantitative estimate of drug-likeness (QED) is 0.215. The van der Waals surface area contributed by atoms with Crippen LogP contribution in [0, 0.1) is 0 Å². The zero-order chi connectivity index (χ0) is 18.2. The molecule has 3 amide bonds. The Labute approximate surface area is 138 Å². The summed E-state index contributed by atoms with van der Waals surface area (Å²) in [5, 5.41) is 25.0. The summed E-state index contributed by atoms with van der Waals surface area (Å²) in [6.07, 6.45) is -1.22. The highest BCUT2D eigenvalue weighted by molar-refractivity contribution is 7.80. The highest BCUT2D eigenvalue weighted by atomic mass is 32.1. The maximum atomic E-state index is 12.0. The molecule has 0 aliphatic carbocycles. The standard InChI is InChI=1S/C12H22N4O6S/c1-5(10(19)15-7(4-23)12(21)22)14-11(20)9(6(2)17)16-8(18)3-13/h5-7,9,17,23H,3-4,13H2,1-2H3,(H,14,20)(H,15,19)(H,16,18)(H,21,22). The molecule has 0 aromatic carbocycles. The molecule has 10 nitrogen and oxygen atoms in total. The molecule has 7 N–H and O–H groups in total. The minimum absolute atomic E-state index is 0.120. The van der Waals surface area contributed by atoms with Gasteiger partial charge >= 0.3 is 5.97 Å². The Morgan fingerprint density at radius 1 is 1.09 bits per heavy atom. The number of carbonyl (C=O) groups excluding carboxylic acids is 3. The first-order valence-corrected chi connectivity index (χ1v) is 7.39. The maximum Gasteiger partial charge on any atom is 0.327 e. The van der Waals surface area contributed by atoms with E-state index in [0.29, 0.717) is 0 Å². The minimum atomic E-state index is -1.29. The van der Waals surface area contributed by atoms with Crippen LogP contribution in [-0.2, 0) is 19.2 Å². The third-order valence-electron chi connectivity index (χ3n) is 2.82. The molecule has 0 aromatic heterocycles. The van der Waals surface area contributed by atoms with Gasteiger partial charge < -0.3 is 31.9 Å². The summed E-state index contributed by atoms with van der Waals surface area (Å²) in [4.78, 5) is 45.9. The first-order valence-electron chi connectivity index (χ1n) is 6.75. The summed E-state index contributed by atoms with van der Waals surface area (Å²) in [6.45, 7) is 2.25. The number of carboxylic acid groups (broad SMARTS) is 1. The number of aliphatic carboxylic acids is 1. The Kier molecular flexibility index (Phi) is 9.22. The smallest absolute Gasteiger partial charge is 0.327 e. The number of amides is 3. The van der Waals surface area contributed by atoms with Gasteiger partial charge in [-0.05, 0) is 13.8 Å². The van der Waals surface area contributed by atoms with E-state index < -0.39 is 47.9 Å². The molecule has 0 spiro atoms. The van der Waals surface area contributed by atoms with Crippen molar-refractivity contribution in [3.05, 3.63) is 0 Å². The molecule has 4 atom stereocenters. The van der Waals surface area contributed by atoms with Gasteiger partial charge in [0.05, 0.1) is 12.6 Å². The van der Waals surface area contributed by atoms with Gasteiger partial charge in [-0.3, -0.25) is 14.4 Å². The van der Waals surface area contributed by atoms with E-state index in [2.05, 4.69) is 28.6 Å². The van der Waals surface area contributed by atoms with Crippen molar-refractivity contribution in [2.45, 2.75) is 38.1 Å². The van der Waals surface area contributed by atoms with Crippen LogP contribution in [0.4, 0.5) is 0 Å². The lowest BCUT2D eigenvalue weighted by atomic mass is 10.1. The van der Waals surface area contributed by atoms with Crippen molar-refractivity contribution in [2.75, 3.05) is 12.3 Å². The van der Waals surface area contributed by atoms with Crippen molar-refractivity contribution >= 4 is 36.3 Å². The number of carboxylic acids is 1. The van der Waals surface area contributed by atoms with E-state index >= 15 is 0 Å². The van der Waals surface area contributed by atoms with Gasteiger partial charge in [0.2, 0.25) is 17.7 Å². The van der Waals surface area contributed by atoms with Crippen LogP contribution < -0.4 is 21.7 Å². The van der Waals surface area contributed by atoms with E-state index in [9.17, 15) is 24.3 Å². The minimum Gasteiger partial charge on any atom is -0.480 e. The van der Waals surface area contributed by atoms with E-state index in [4.69, 9.17) is 10.8 Å². The lowest BCUT2D eigenvalue weighted by molar-refractivity contribution is -0.141. The van der Waals surface area contributed by atoms with Crippen LogP contribution in [0.3, 0.4) is 0 Å². The maximum absolute atomic E-state index is 12.0. The molecule has 0 saturated carbocycles. The van der Waals surface area contributed by atoms with Crippen LogP contribution in [0.2, 0.25) is 0 Å². The number of rotatable bonds is 9. The first kappa shape index (κ1) is 21.1. The van der Waals surface area contributed by atoms with Crippen LogP contribution in [0.15, 0.2) is 0 Å². The van der Waals surface area contributed by atoms with Crippen molar-refractivity contribution in [3.8, 4) is 0 Å². The Hall–Kier alpha value is -1.85. The van der Waals surface area contributed by atoms with Crippen LogP contribution in [0.25, 0.3) is 0 Å². The molecule has 132 valence electrons. The van der Waals surface area contributed by atoms with Gasteiger partial charge in [0.25, 0.3) is 0 Å². The fourth-order valence-corrected chi connectivity index (χ4v) is 1.74. The monoisotopic (exact) mass is 350 g/mol. The Bertz CT molecular complexity index is 459. The number of hydrogen-bond acceptors (Lipinski definition) is 7. The molecular weight excluding hydrogens is 328 g/mol. The summed E-state index contributed by atoms with van der Waals surface area (Å²) in [6, 6.07) is -3.57. The van der Waals surface area contributed by atoms with Gasteiger partial charge in [-0.15, -0.1) is 0 Å². The number of nitrogens with one attached hydrogen (secondary N) is 3. The second-order valence-electron chi connectivity index (χ2n) is 4.80. The molecule has 23 heavy (non-hydrogen) atoms. The molecular formula is C12H22N4O6S. The topological polar surface area (TPSA) is 171 Å². The number of nitrogens with two attached hydrogens (primary N) is 1. The fourth-order valence-electron chi connectivity index (χ4n) is 1.49. The molecule has 0 heterocycles. The number of hydrogen-bond donors (Lipinski definition) is 7. The lowest BCUT2D eigenvalue weighted by Crippen LogP contribution is -2.58. The number of thiol groups is 1. The summed E-state index contributed by atoms with van der Waals surface area (Å²) in [5.74, 6) is -3.57. The van der Waals surface area contributed by atoms with Crippen molar-refractivity contribution in [2.24, 2.45) is 5.73 Å². The van der Waals surface area contributed by atoms with E-state index in [1.165, 1.54) is 13.8 Å². The third-order valence-corrected chi connectivity index (χ3v) is 3.18. The molecule has 0 aliphatic rings. The first-order chi connectivity index (χ1) is 10.6. The molecule has 4 unspecified atom stereocenters. The van der Waals surface area contributed by atoms with Crippen molar-refractivity contribution in [1.29, 1.82) is 0 Å². The Balaban J connectivity index is 4.74. The molecule has 0 saturated heterocycles. The van der Waals surface area contributed by atoms with Crippen LogP contribution in [0.5, 0.6) is 0 Å². The zero-order valence-electron chi connectivity index (χ0n) is 12.8. The van der Waals surface area contributed by atoms with Gasteiger partial charge in [0.15, 0.2) is 0 Å². The second kappa shape index (κ2) is 10.0. The third kappa shape index (κ3) is 7.30. The largest absolute Gasteiger partial charge is 0.480 e. The Morgan fingerprint density at radius 3 is 2.04 bits per heavy atom. The van der Waals surface area contributed by atoms with Crippen molar-refractivity contribution in [3.63, 3.8) is 0 Å². The van der Waals surface area contributed by atoms with Crippen molar-refractivity contribution < 1.29 is 29.4 Å². The average molecular weight is 350 g/mol. The predicted octanol–water partition coefficient (Wildman–Crippen LogP) is -3.19. The molecule has 0 aliphatic heterocycles. The summed E-state index contributed by atoms with van der Waals surface area (Å²) in [5.41, 5.74) is 5.12. The van der Waals surface area contributed by atoms with Gasteiger partial charge in [0.1, 0.15) is 18.1 Å². The highest BCUT2D eigenvalue weighted by Crippen LogP contribution is 1.96. The van der Waals surface area contributed by atoms with E-state index in [-0.39, 0.29) is 12.3 Å². The normalized spacial score (nSPS) is 15.7. The van der Waals surface area contributed by atoms with Crippen molar-refractivity contribution in [1.82, 2.24) is 16.0 Å². The van der Waals surface area contributed by atoms with Crippen LogP contribution in [0.1, 0.15) is 13.8 Å². The van der Waals surface area contributed by atoms with Crippen LogP contribution in [-0.4, -0.2) is 70.4 Å².